The van der Waals surface area contributed by atoms with E-state index in [4.69, 9.17) is 10.5 Å². The van der Waals surface area contributed by atoms with Crippen molar-refractivity contribution in [3.05, 3.63) is 24.3 Å². The predicted molar refractivity (Wildman–Crippen MR) is 99.2 cm³/mol. The Bertz CT molecular complexity index is 625. The first-order chi connectivity index (χ1) is 11.6. The number of rotatable bonds is 4. The Morgan fingerprint density at radius 3 is 2.84 bits per heavy atom. The molecular formula is C18H26ClN3O3. The Labute approximate surface area is 154 Å². The number of carbonyl (C=O) groups excluding carboxylic acids is 2. The van der Waals surface area contributed by atoms with Crippen LogP contribution in [0.5, 0.6) is 5.75 Å². The van der Waals surface area contributed by atoms with Gasteiger partial charge in [-0.3, -0.25) is 9.59 Å². The molecule has 2 atom stereocenters. The van der Waals surface area contributed by atoms with Crippen molar-refractivity contribution < 1.29 is 14.3 Å². The van der Waals surface area contributed by atoms with E-state index in [9.17, 15) is 9.59 Å². The Kier molecular flexibility index (Phi) is 6.67. The van der Waals surface area contributed by atoms with E-state index in [0.717, 1.165) is 31.5 Å². The normalized spacial score (nSPS) is 22.7. The summed E-state index contributed by atoms with van der Waals surface area (Å²) in [6.07, 6.45) is 2.90. The fourth-order valence-corrected chi connectivity index (χ4v) is 3.51. The molecule has 0 aliphatic carbocycles. The summed E-state index contributed by atoms with van der Waals surface area (Å²) in [6, 6.07) is 7.59. The smallest absolute Gasteiger partial charge is 0.267 e. The number of hydrogen-bond acceptors (Lipinski definition) is 4. The molecule has 0 saturated carbocycles. The highest BCUT2D eigenvalue weighted by Crippen LogP contribution is 2.33. The molecule has 1 saturated heterocycles. The summed E-state index contributed by atoms with van der Waals surface area (Å²) in [5, 5.41) is 0. The van der Waals surface area contributed by atoms with E-state index in [1.807, 2.05) is 29.2 Å². The number of amides is 2. The van der Waals surface area contributed by atoms with Gasteiger partial charge in [-0.1, -0.05) is 12.1 Å². The third kappa shape index (κ3) is 4.07. The molecule has 7 heteroatoms. The number of benzene rings is 1. The molecule has 25 heavy (non-hydrogen) atoms. The van der Waals surface area contributed by atoms with Gasteiger partial charge in [-0.15, -0.1) is 12.4 Å². The van der Waals surface area contributed by atoms with Gasteiger partial charge in [0, 0.05) is 32.1 Å². The van der Waals surface area contributed by atoms with Crippen LogP contribution in [0.3, 0.4) is 0 Å². The summed E-state index contributed by atoms with van der Waals surface area (Å²) in [7, 11) is 0. The Morgan fingerprint density at radius 2 is 2.08 bits per heavy atom. The van der Waals surface area contributed by atoms with Crippen LogP contribution in [0.1, 0.15) is 32.6 Å². The number of para-hydroxylation sites is 2. The van der Waals surface area contributed by atoms with Crippen molar-refractivity contribution in [2.75, 3.05) is 24.5 Å². The van der Waals surface area contributed by atoms with E-state index in [1.54, 1.807) is 11.8 Å². The minimum Gasteiger partial charge on any atom is -0.479 e. The van der Waals surface area contributed by atoms with Crippen LogP contribution >= 0.6 is 12.4 Å². The summed E-state index contributed by atoms with van der Waals surface area (Å²) < 4.78 is 5.63. The molecule has 2 amide bonds. The van der Waals surface area contributed by atoms with E-state index in [1.165, 1.54) is 0 Å². The molecule has 0 bridgehead atoms. The van der Waals surface area contributed by atoms with Gasteiger partial charge in [0.25, 0.3) is 5.91 Å². The van der Waals surface area contributed by atoms with Crippen LogP contribution in [-0.4, -0.2) is 48.5 Å². The maximum atomic E-state index is 12.6. The molecule has 6 nitrogen and oxygen atoms in total. The molecule has 0 aromatic heterocycles. The predicted octanol–water partition coefficient (Wildman–Crippen LogP) is 1.95. The highest BCUT2D eigenvalue weighted by Gasteiger charge is 2.32. The lowest BCUT2D eigenvalue weighted by molar-refractivity contribution is -0.134. The van der Waals surface area contributed by atoms with E-state index < -0.39 is 6.10 Å². The third-order valence-electron chi connectivity index (χ3n) is 4.84. The van der Waals surface area contributed by atoms with E-state index in [2.05, 4.69) is 0 Å². The number of likely N-dealkylation sites (tertiary alicyclic amines) is 1. The van der Waals surface area contributed by atoms with Crippen LogP contribution < -0.4 is 15.4 Å². The largest absolute Gasteiger partial charge is 0.479 e. The molecule has 2 heterocycles. The van der Waals surface area contributed by atoms with Gasteiger partial charge in [-0.25, -0.2) is 0 Å². The van der Waals surface area contributed by atoms with Gasteiger partial charge >= 0.3 is 0 Å². The number of anilines is 1. The fraction of sp³-hybridized carbons (Fsp3) is 0.556. The summed E-state index contributed by atoms with van der Waals surface area (Å²) in [5.41, 5.74) is 6.54. The monoisotopic (exact) mass is 367 g/mol. The Morgan fingerprint density at radius 1 is 1.32 bits per heavy atom. The molecule has 1 fully saturated rings. The van der Waals surface area contributed by atoms with Gasteiger partial charge in [0.2, 0.25) is 5.91 Å². The van der Waals surface area contributed by atoms with Crippen molar-refractivity contribution in [3.8, 4) is 5.75 Å². The molecule has 2 aliphatic rings. The topological polar surface area (TPSA) is 75.9 Å². The molecule has 2 N–H and O–H groups in total. The minimum atomic E-state index is -0.526. The number of hydrogen-bond donors (Lipinski definition) is 1. The zero-order valence-corrected chi connectivity index (χ0v) is 15.3. The number of piperidine rings is 1. The quantitative estimate of drug-likeness (QED) is 0.882. The van der Waals surface area contributed by atoms with Crippen molar-refractivity contribution >= 4 is 29.9 Å². The third-order valence-corrected chi connectivity index (χ3v) is 4.84. The summed E-state index contributed by atoms with van der Waals surface area (Å²) in [4.78, 5) is 28.6. The molecule has 1 aromatic carbocycles. The maximum absolute atomic E-state index is 12.6. The lowest BCUT2D eigenvalue weighted by Crippen LogP contribution is -2.49. The number of nitrogens with zero attached hydrogens (tertiary/aromatic N) is 2. The SMILES string of the molecule is CC1Oc2ccccc2N(CCC(=O)N2CCCCC2CN)C1=O.Cl. The van der Waals surface area contributed by atoms with E-state index in [-0.39, 0.29) is 30.3 Å². The van der Waals surface area contributed by atoms with Crippen LogP contribution in [-0.2, 0) is 9.59 Å². The number of ether oxygens (including phenoxy) is 1. The van der Waals surface area contributed by atoms with Gasteiger partial charge in [-0.2, -0.15) is 0 Å². The number of fused-ring (bicyclic) bond motifs is 1. The fourth-order valence-electron chi connectivity index (χ4n) is 3.51. The van der Waals surface area contributed by atoms with Crippen LogP contribution in [0.2, 0.25) is 0 Å². The highest BCUT2D eigenvalue weighted by atomic mass is 35.5. The first-order valence-corrected chi connectivity index (χ1v) is 8.68. The lowest BCUT2D eigenvalue weighted by Gasteiger charge is -2.36. The molecule has 1 aromatic rings. The molecular weight excluding hydrogens is 342 g/mol. The standard InChI is InChI=1S/C18H25N3O3.ClH/c1-13-18(23)21(15-7-2-3-8-16(15)24-13)11-9-17(22)20-10-5-4-6-14(20)12-19;/h2-3,7-8,13-14H,4-6,9-12,19H2,1H3;1H. The first-order valence-electron chi connectivity index (χ1n) is 8.68. The molecule has 138 valence electrons. The highest BCUT2D eigenvalue weighted by molar-refractivity contribution is 6.00. The maximum Gasteiger partial charge on any atom is 0.267 e. The Hall–Kier alpha value is -1.79. The molecule has 3 rings (SSSR count). The lowest BCUT2D eigenvalue weighted by atomic mass is 10.0. The van der Waals surface area contributed by atoms with Gasteiger partial charge in [0.05, 0.1) is 5.69 Å². The van der Waals surface area contributed by atoms with Crippen molar-refractivity contribution in [2.45, 2.75) is 44.8 Å². The zero-order chi connectivity index (χ0) is 17.1. The van der Waals surface area contributed by atoms with Crippen LogP contribution in [0.25, 0.3) is 0 Å². The second-order valence-corrected chi connectivity index (χ2v) is 6.44. The number of carbonyl (C=O) groups is 2. The second kappa shape index (κ2) is 8.54. The van der Waals surface area contributed by atoms with Crippen molar-refractivity contribution in [1.82, 2.24) is 4.90 Å². The van der Waals surface area contributed by atoms with Gasteiger partial charge in [0.1, 0.15) is 5.75 Å². The number of nitrogens with two attached hydrogens (primary N) is 1. The zero-order valence-electron chi connectivity index (χ0n) is 14.5. The molecule has 2 aliphatic heterocycles. The van der Waals surface area contributed by atoms with Crippen molar-refractivity contribution in [3.63, 3.8) is 0 Å². The van der Waals surface area contributed by atoms with Crippen LogP contribution in [0.15, 0.2) is 24.3 Å². The summed E-state index contributed by atoms with van der Waals surface area (Å²) >= 11 is 0. The van der Waals surface area contributed by atoms with Gasteiger partial charge in [0.15, 0.2) is 6.10 Å². The van der Waals surface area contributed by atoms with Gasteiger partial charge in [-0.05, 0) is 38.3 Å². The average Bonchev–Trinajstić information content (AvgIpc) is 2.61. The molecule has 0 radical (unpaired) electrons. The van der Waals surface area contributed by atoms with E-state index >= 15 is 0 Å². The summed E-state index contributed by atoms with van der Waals surface area (Å²) in [5.74, 6) is 0.667. The van der Waals surface area contributed by atoms with E-state index in [0.29, 0.717) is 25.3 Å². The average molecular weight is 368 g/mol. The van der Waals surface area contributed by atoms with Crippen LogP contribution in [0.4, 0.5) is 5.69 Å². The van der Waals surface area contributed by atoms with Crippen molar-refractivity contribution in [1.29, 1.82) is 0 Å². The van der Waals surface area contributed by atoms with Gasteiger partial charge < -0.3 is 20.3 Å². The summed E-state index contributed by atoms with van der Waals surface area (Å²) in [6.45, 7) is 3.38. The number of halogens is 1. The van der Waals surface area contributed by atoms with Crippen molar-refractivity contribution in [2.24, 2.45) is 5.73 Å². The first kappa shape index (κ1) is 19.5. The minimum absolute atomic E-state index is 0. The Balaban J connectivity index is 0.00000225. The molecule has 0 spiro atoms. The second-order valence-electron chi connectivity index (χ2n) is 6.44. The van der Waals surface area contributed by atoms with Crippen LogP contribution in [0, 0.1) is 0 Å². The molecule has 2 unspecified atom stereocenters.